The monoisotopic (exact) mass is 257 g/mol. The highest BCUT2D eigenvalue weighted by Crippen LogP contribution is 2.08. The van der Waals surface area contributed by atoms with E-state index in [0.717, 1.165) is 36.9 Å². The van der Waals surface area contributed by atoms with Gasteiger partial charge in [0, 0.05) is 41.6 Å². The van der Waals surface area contributed by atoms with Crippen LogP contribution in [0.1, 0.15) is 32.4 Å². The van der Waals surface area contributed by atoms with Crippen LogP contribution in [-0.2, 0) is 17.3 Å². The number of unbranched alkanes of at least 4 members (excludes halogenated alkanes) is 1. The average molecular weight is 257 g/mol. The molecule has 1 aromatic rings. The number of nitrogens with one attached hydrogen (secondary N) is 1. The molecule has 0 aliphatic carbocycles. The maximum Gasteiger partial charge on any atom is 0.203 e. The molecule has 1 rings (SSSR count). The zero-order valence-electron chi connectivity index (χ0n) is 11.0. The van der Waals surface area contributed by atoms with Crippen molar-refractivity contribution in [3.63, 3.8) is 0 Å². The second-order valence-corrected chi connectivity index (χ2v) is 5.98. The topological polar surface area (TPSA) is 46.9 Å². The first-order valence-electron chi connectivity index (χ1n) is 6.30. The number of hydrogen-bond acceptors (Lipinski definition) is 3. The van der Waals surface area contributed by atoms with E-state index in [2.05, 4.69) is 21.8 Å². The van der Waals surface area contributed by atoms with E-state index >= 15 is 0 Å². The summed E-state index contributed by atoms with van der Waals surface area (Å²) in [7, 11) is -0.710. The Balaban J connectivity index is 2.54. The highest BCUT2D eigenvalue weighted by molar-refractivity contribution is 7.84. The van der Waals surface area contributed by atoms with E-state index in [1.54, 1.807) is 0 Å². The van der Waals surface area contributed by atoms with Gasteiger partial charge in [-0.1, -0.05) is 20.3 Å². The molecule has 0 saturated carbocycles. The number of aromatic nitrogens is 2. The van der Waals surface area contributed by atoms with Crippen LogP contribution in [0.25, 0.3) is 0 Å². The lowest BCUT2D eigenvalue weighted by Gasteiger charge is -2.08. The van der Waals surface area contributed by atoms with E-state index in [1.807, 2.05) is 20.0 Å². The molecule has 4 nitrogen and oxygen atoms in total. The van der Waals surface area contributed by atoms with E-state index in [-0.39, 0.29) is 0 Å². The Labute approximate surface area is 106 Å². The van der Waals surface area contributed by atoms with Crippen LogP contribution in [-0.4, -0.2) is 31.8 Å². The second-order valence-electron chi connectivity index (χ2n) is 4.11. The van der Waals surface area contributed by atoms with Gasteiger partial charge < -0.3 is 9.88 Å². The molecular weight excluding hydrogens is 234 g/mol. The van der Waals surface area contributed by atoms with Crippen molar-refractivity contribution in [3.8, 4) is 0 Å². The summed E-state index contributed by atoms with van der Waals surface area (Å²) in [5, 5.41) is 3.33. The van der Waals surface area contributed by atoms with Crippen molar-refractivity contribution in [2.45, 2.75) is 40.2 Å². The molecule has 0 aliphatic rings. The van der Waals surface area contributed by atoms with Crippen LogP contribution in [0, 0.1) is 6.92 Å². The van der Waals surface area contributed by atoms with Crippen molar-refractivity contribution in [3.05, 3.63) is 11.9 Å². The first-order chi connectivity index (χ1) is 8.17. The molecule has 98 valence electrons. The number of imidazole rings is 1. The minimum atomic E-state index is -0.710. The van der Waals surface area contributed by atoms with E-state index in [4.69, 9.17) is 0 Å². The van der Waals surface area contributed by atoms with Crippen LogP contribution in [0.5, 0.6) is 0 Å². The zero-order valence-corrected chi connectivity index (χ0v) is 11.8. The van der Waals surface area contributed by atoms with Gasteiger partial charge in [0.05, 0.1) is 5.69 Å². The quantitative estimate of drug-likeness (QED) is 0.726. The molecular formula is C12H23N3OS. The van der Waals surface area contributed by atoms with Crippen molar-refractivity contribution in [1.29, 1.82) is 0 Å². The summed E-state index contributed by atoms with van der Waals surface area (Å²) in [5.41, 5.74) is 1.01. The van der Waals surface area contributed by atoms with Crippen LogP contribution >= 0.6 is 0 Å². The van der Waals surface area contributed by atoms with Gasteiger partial charge in [-0.2, -0.15) is 0 Å². The Bertz CT molecular complexity index is 363. The Hall–Kier alpha value is -0.840. The minimum Gasteiger partial charge on any atom is -0.356 e. The third-order valence-corrected chi connectivity index (χ3v) is 3.87. The number of anilines is 1. The predicted octanol–water partition coefficient (Wildman–Crippen LogP) is 2.17. The van der Waals surface area contributed by atoms with E-state index < -0.39 is 10.8 Å². The number of aryl methyl sites for hydroxylation is 2. The third kappa shape index (κ3) is 4.89. The zero-order chi connectivity index (χ0) is 12.7. The molecule has 1 heterocycles. The first kappa shape index (κ1) is 14.2. The van der Waals surface area contributed by atoms with Gasteiger partial charge in [-0.25, -0.2) is 4.98 Å². The maximum atomic E-state index is 11.4. The van der Waals surface area contributed by atoms with Crippen LogP contribution in [0.4, 0.5) is 5.95 Å². The molecule has 1 atom stereocenters. The van der Waals surface area contributed by atoms with Gasteiger partial charge >= 0.3 is 0 Å². The molecule has 5 heteroatoms. The summed E-state index contributed by atoms with van der Waals surface area (Å²) in [6.07, 6.45) is 4.33. The molecule has 0 radical (unpaired) electrons. The average Bonchev–Trinajstić information content (AvgIpc) is 2.67. The number of nitrogens with zero attached hydrogens (tertiary/aromatic N) is 2. The van der Waals surface area contributed by atoms with Gasteiger partial charge in [-0.3, -0.25) is 4.21 Å². The van der Waals surface area contributed by atoms with Gasteiger partial charge in [0.25, 0.3) is 0 Å². The van der Waals surface area contributed by atoms with Crippen molar-refractivity contribution >= 4 is 16.7 Å². The second kappa shape index (κ2) is 7.48. The van der Waals surface area contributed by atoms with Gasteiger partial charge in [0.1, 0.15) is 0 Å². The molecule has 0 aromatic carbocycles. The SMILES string of the molecule is CCCCNc1nc(C)cn1CCS(=O)CC. The van der Waals surface area contributed by atoms with Gasteiger partial charge in [-0.05, 0) is 13.3 Å². The summed E-state index contributed by atoms with van der Waals surface area (Å²) < 4.78 is 13.5. The Morgan fingerprint density at radius 2 is 2.24 bits per heavy atom. The third-order valence-electron chi connectivity index (χ3n) is 2.59. The molecule has 17 heavy (non-hydrogen) atoms. The molecule has 1 unspecified atom stereocenters. The Kier molecular flexibility index (Phi) is 6.26. The fourth-order valence-corrected chi connectivity index (χ4v) is 2.27. The van der Waals surface area contributed by atoms with Crippen LogP contribution in [0.3, 0.4) is 0 Å². The van der Waals surface area contributed by atoms with Gasteiger partial charge in [-0.15, -0.1) is 0 Å². The van der Waals surface area contributed by atoms with E-state index in [1.165, 1.54) is 6.42 Å². The van der Waals surface area contributed by atoms with Crippen LogP contribution in [0.15, 0.2) is 6.20 Å². The number of rotatable bonds is 8. The van der Waals surface area contributed by atoms with Gasteiger partial charge in [0.2, 0.25) is 5.95 Å². The van der Waals surface area contributed by atoms with Crippen LogP contribution < -0.4 is 5.32 Å². The summed E-state index contributed by atoms with van der Waals surface area (Å²) in [5.74, 6) is 2.34. The summed E-state index contributed by atoms with van der Waals surface area (Å²) >= 11 is 0. The summed E-state index contributed by atoms with van der Waals surface area (Å²) in [6.45, 7) is 7.83. The molecule has 0 bridgehead atoms. The molecule has 0 fully saturated rings. The molecule has 0 aliphatic heterocycles. The lowest BCUT2D eigenvalue weighted by atomic mass is 10.3. The smallest absolute Gasteiger partial charge is 0.203 e. The van der Waals surface area contributed by atoms with Crippen molar-refractivity contribution in [2.24, 2.45) is 0 Å². The molecule has 1 aromatic heterocycles. The largest absolute Gasteiger partial charge is 0.356 e. The predicted molar refractivity (Wildman–Crippen MR) is 73.9 cm³/mol. The Morgan fingerprint density at radius 3 is 2.88 bits per heavy atom. The highest BCUT2D eigenvalue weighted by Gasteiger charge is 2.05. The lowest BCUT2D eigenvalue weighted by Crippen LogP contribution is -2.12. The molecule has 0 saturated heterocycles. The number of hydrogen-bond donors (Lipinski definition) is 1. The lowest BCUT2D eigenvalue weighted by molar-refractivity contribution is 0.674. The first-order valence-corrected chi connectivity index (χ1v) is 7.78. The summed E-state index contributed by atoms with van der Waals surface area (Å²) in [6, 6.07) is 0. The maximum absolute atomic E-state index is 11.4. The fourth-order valence-electron chi connectivity index (χ4n) is 1.58. The molecule has 1 N–H and O–H groups in total. The van der Waals surface area contributed by atoms with Crippen molar-refractivity contribution in [2.75, 3.05) is 23.4 Å². The van der Waals surface area contributed by atoms with E-state index in [0.29, 0.717) is 5.75 Å². The summed E-state index contributed by atoms with van der Waals surface area (Å²) in [4.78, 5) is 4.44. The minimum absolute atomic E-state index is 0.703. The normalized spacial score (nSPS) is 12.6. The fraction of sp³-hybridized carbons (Fsp3) is 0.750. The van der Waals surface area contributed by atoms with E-state index in [9.17, 15) is 4.21 Å². The van der Waals surface area contributed by atoms with Crippen molar-refractivity contribution < 1.29 is 4.21 Å². The Morgan fingerprint density at radius 1 is 1.47 bits per heavy atom. The van der Waals surface area contributed by atoms with Crippen LogP contribution in [0.2, 0.25) is 0 Å². The van der Waals surface area contributed by atoms with Gasteiger partial charge in [0.15, 0.2) is 0 Å². The highest BCUT2D eigenvalue weighted by atomic mass is 32.2. The standard InChI is InChI=1S/C12H23N3OS/c1-4-6-7-13-12-14-11(3)10-15(12)8-9-17(16)5-2/h10H,4-9H2,1-3H3,(H,13,14). The molecule has 0 amide bonds. The molecule has 0 spiro atoms. The van der Waals surface area contributed by atoms with Crippen molar-refractivity contribution in [1.82, 2.24) is 9.55 Å².